The van der Waals surface area contributed by atoms with Crippen LogP contribution in [0.25, 0.3) is 0 Å². The molecule has 1 N–H and O–H groups in total. The van der Waals surface area contributed by atoms with Crippen molar-refractivity contribution in [3.05, 3.63) is 59.7 Å². The Kier molecular flexibility index (Phi) is 12.4. The van der Waals surface area contributed by atoms with Crippen molar-refractivity contribution >= 4 is 28.1 Å². The Balaban J connectivity index is 1.68. The number of ether oxygens (including phenoxy) is 4. The molecular weight excluding hydrogens is 638 g/mol. The molecule has 12 heteroatoms. The van der Waals surface area contributed by atoms with Crippen molar-refractivity contribution in [2.45, 2.75) is 135 Å². The van der Waals surface area contributed by atoms with Gasteiger partial charge in [0.25, 0.3) is 10.1 Å². The Hall–Kier alpha value is -3.64. The third kappa shape index (κ3) is 13.1. The van der Waals surface area contributed by atoms with E-state index >= 15 is 0 Å². The van der Waals surface area contributed by atoms with Gasteiger partial charge in [-0.3, -0.25) is 8.98 Å². The van der Waals surface area contributed by atoms with Gasteiger partial charge in [-0.25, -0.2) is 9.59 Å². The van der Waals surface area contributed by atoms with Gasteiger partial charge < -0.3 is 24.3 Å². The van der Waals surface area contributed by atoms with Crippen molar-refractivity contribution in [2.24, 2.45) is 5.92 Å². The van der Waals surface area contributed by atoms with Crippen LogP contribution in [0.1, 0.15) is 92.7 Å². The average molecular weight is 690 g/mol. The molecular formula is C36H51NO10S. The van der Waals surface area contributed by atoms with Gasteiger partial charge in [0.1, 0.15) is 34.7 Å². The number of rotatable bonds is 12. The largest absolute Gasteiger partial charge is 0.490 e. The summed E-state index contributed by atoms with van der Waals surface area (Å²) in [6.07, 6.45) is -0.524. The highest BCUT2D eigenvalue weighted by Gasteiger charge is 2.37. The molecule has 48 heavy (non-hydrogen) atoms. The van der Waals surface area contributed by atoms with E-state index in [2.05, 4.69) is 5.32 Å². The average Bonchev–Trinajstić information content (AvgIpc) is 2.89. The van der Waals surface area contributed by atoms with E-state index in [1.165, 1.54) is 12.1 Å². The second-order valence-electron chi connectivity index (χ2n) is 15.2. The number of hydrogen-bond donors (Lipinski definition) is 1. The summed E-state index contributed by atoms with van der Waals surface area (Å²) >= 11 is 0. The van der Waals surface area contributed by atoms with E-state index in [0.717, 1.165) is 11.1 Å². The Morgan fingerprint density at radius 3 is 1.79 bits per heavy atom. The minimum Gasteiger partial charge on any atom is -0.490 e. The lowest BCUT2D eigenvalue weighted by Crippen LogP contribution is -2.48. The Morgan fingerprint density at radius 2 is 1.27 bits per heavy atom. The number of aryl methyl sites for hydroxylation is 1. The highest BCUT2D eigenvalue weighted by Crippen LogP contribution is 2.32. The van der Waals surface area contributed by atoms with Crippen LogP contribution in [0.2, 0.25) is 0 Å². The first-order chi connectivity index (χ1) is 22.0. The molecule has 3 rings (SSSR count). The number of alkyl carbamates (subject to hydrolysis) is 1. The van der Waals surface area contributed by atoms with Crippen molar-refractivity contribution in [3.63, 3.8) is 0 Å². The fourth-order valence-electron chi connectivity index (χ4n) is 4.78. The number of hydrogen-bond acceptors (Lipinski definition) is 10. The van der Waals surface area contributed by atoms with Gasteiger partial charge >= 0.3 is 18.0 Å². The summed E-state index contributed by atoms with van der Waals surface area (Å²) in [6, 6.07) is 12.5. The molecule has 0 unspecified atom stereocenters. The van der Waals surface area contributed by atoms with E-state index in [0.29, 0.717) is 18.6 Å². The monoisotopic (exact) mass is 689 g/mol. The van der Waals surface area contributed by atoms with Crippen molar-refractivity contribution in [2.75, 3.05) is 0 Å². The van der Waals surface area contributed by atoms with Gasteiger partial charge in [-0.1, -0.05) is 29.8 Å². The van der Waals surface area contributed by atoms with E-state index in [4.69, 9.17) is 23.1 Å². The molecule has 0 radical (unpaired) electrons. The fourth-order valence-corrected chi connectivity index (χ4v) is 5.88. The SMILES string of the molecule is Cc1ccc(S(=O)(=O)OC2CC(Oc3ccc(C[C@@H](C[C@H](NC(=O)OC(C)(C)C)C(=O)OC(C)(C)C)C(=O)OC(C)(C)C)cc3)C2)cc1. The van der Waals surface area contributed by atoms with Crippen LogP contribution in [0.15, 0.2) is 53.4 Å². The van der Waals surface area contributed by atoms with Gasteiger partial charge in [0.2, 0.25) is 0 Å². The van der Waals surface area contributed by atoms with Crippen LogP contribution >= 0.6 is 0 Å². The maximum Gasteiger partial charge on any atom is 0.408 e. The van der Waals surface area contributed by atoms with Crippen molar-refractivity contribution in [3.8, 4) is 5.75 Å². The lowest BCUT2D eigenvalue weighted by molar-refractivity contribution is -0.162. The minimum atomic E-state index is -3.86. The molecule has 0 bridgehead atoms. The Morgan fingerprint density at radius 1 is 0.750 bits per heavy atom. The van der Waals surface area contributed by atoms with Gasteiger partial charge in [0.05, 0.1) is 16.9 Å². The van der Waals surface area contributed by atoms with E-state index in [9.17, 15) is 22.8 Å². The van der Waals surface area contributed by atoms with Crippen LogP contribution in [0.3, 0.4) is 0 Å². The molecule has 1 fully saturated rings. The molecule has 1 aliphatic carbocycles. The van der Waals surface area contributed by atoms with Gasteiger partial charge in [-0.05, 0) is 112 Å². The lowest BCUT2D eigenvalue weighted by Gasteiger charge is -2.34. The number of amides is 1. The molecule has 0 spiro atoms. The summed E-state index contributed by atoms with van der Waals surface area (Å²) < 4.78 is 53.2. The number of esters is 2. The first-order valence-electron chi connectivity index (χ1n) is 16.2. The number of nitrogens with one attached hydrogen (secondary N) is 1. The smallest absolute Gasteiger partial charge is 0.408 e. The van der Waals surface area contributed by atoms with Crippen LogP contribution in [-0.2, 0) is 44.5 Å². The summed E-state index contributed by atoms with van der Waals surface area (Å²) in [5, 5.41) is 2.59. The highest BCUT2D eigenvalue weighted by atomic mass is 32.2. The first-order valence-corrected chi connectivity index (χ1v) is 17.6. The molecule has 0 saturated heterocycles. The van der Waals surface area contributed by atoms with Crippen LogP contribution in [0.5, 0.6) is 5.75 Å². The second kappa shape index (κ2) is 15.3. The quantitative estimate of drug-likeness (QED) is 0.150. The molecule has 11 nitrogen and oxygen atoms in total. The number of carbonyl (C=O) groups is 3. The highest BCUT2D eigenvalue weighted by molar-refractivity contribution is 7.86. The first kappa shape index (κ1) is 38.8. The van der Waals surface area contributed by atoms with E-state index in [1.54, 1.807) is 86.6 Å². The zero-order chi connectivity index (χ0) is 36.1. The zero-order valence-corrected chi connectivity index (χ0v) is 30.6. The predicted octanol–water partition coefficient (Wildman–Crippen LogP) is 6.44. The molecule has 2 aromatic carbocycles. The van der Waals surface area contributed by atoms with Gasteiger partial charge in [-0.2, -0.15) is 8.42 Å². The summed E-state index contributed by atoms with van der Waals surface area (Å²) in [5.41, 5.74) is -0.681. The minimum absolute atomic E-state index is 0.0870. The topological polar surface area (TPSA) is 144 Å². The second-order valence-corrected chi connectivity index (χ2v) is 16.8. The molecule has 1 aliphatic rings. The number of carbonyl (C=O) groups excluding carboxylic acids is 3. The molecule has 0 aliphatic heterocycles. The molecule has 2 aromatic rings. The van der Waals surface area contributed by atoms with Crippen molar-refractivity contribution < 1.29 is 45.9 Å². The third-order valence-corrected chi connectivity index (χ3v) is 8.35. The van der Waals surface area contributed by atoms with Crippen molar-refractivity contribution in [1.29, 1.82) is 0 Å². The van der Waals surface area contributed by atoms with Gasteiger partial charge in [-0.15, -0.1) is 0 Å². The summed E-state index contributed by atoms with van der Waals surface area (Å²) in [6.45, 7) is 17.4. The molecule has 0 aromatic heterocycles. The zero-order valence-electron chi connectivity index (χ0n) is 29.7. The van der Waals surface area contributed by atoms with Gasteiger partial charge in [0, 0.05) is 12.8 Å². The summed E-state index contributed by atoms with van der Waals surface area (Å²) in [7, 11) is -3.86. The van der Waals surface area contributed by atoms with Gasteiger partial charge in [0.15, 0.2) is 0 Å². The lowest BCUT2D eigenvalue weighted by atomic mass is 9.91. The summed E-state index contributed by atoms with van der Waals surface area (Å²) in [5.74, 6) is -1.46. The summed E-state index contributed by atoms with van der Waals surface area (Å²) in [4.78, 5) is 39.4. The normalized spacial score (nSPS) is 18.1. The van der Waals surface area contributed by atoms with Crippen LogP contribution < -0.4 is 10.1 Å². The van der Waals surface area contributed by atoms with E-state index in [-0.39, 0.29) is 23.8 Å². The van der Waals surface area contributed by atoms with Crippen molar-refractivity contribution in [1.82, 2.24) is 5.32 Å². The molecule has 1 saturated carbocycles. The Labute approximate surface area is 285 Å². The van der Waals surface area contributed by atoms with Crippen LogP contribution in [0, 0.1) is 12.8 Å². The Bertz CT molecular complexity index is 1510. The maximum atomic E-state index is 13.4. The third-order valence-electron chi connectivity index (χ3n) is 6.97. The van der Waals surface area contributed by atoms with Crippen LogP contribution in [0.4, 0.5) is 4.79 Å². The molecule has 2 atom stereocenters. The molecule has 1 amide bonds. The van der Waals surface area contributed by atoms with E-state index < -0.39 is 63.0 Å². The number of benzene rings is 2. The molecule has 266 valence electrons. The maximum absolute atomic E-state index is 13.4. The standard InChI is InChI=1S/C36H51NO10S/c1-23-11-17-29(18-12-23)48(41,42)47-28-21-27(22-28)43-26-15-13-24(14-16-26)19-25(31(38)44-34(2,3)4)20-30(32(39)45-35(5,6)7)37-33(40)46-36(8,9)10/h11-18,25,27-28,30H,19-22H2,1-10H3,(H,37,40)/t25-,27?,28?,30-/m0/s1. The predicted molar refractivity (Wildman–Crippen MR) is 180 cm³/mol. The molecule has 0 heterocycles. The fraction of sp³-hybridized carbons (Fsp3) is 0.583. The van der Waals surface area contributed by atoms with Crippen LogP contribution in [-0.4, -0.2) is 61.5 Å². The van der Waals surface area contributed by atoms with E-state index in [1.807, 2.05) is 19.1 Å².